The second kappa shape index (κ2) is 5.83. The molecule has 0 saturated carbocycles. The third kappa shape index (κ3) is 3.11. The monoisotopic (exact) mass is 267 g/mol. The molecular weight excluding hydrogens is 250 g/mol. The van der Waals surface area contributed by atoms with E-state index in [-0.39, 0.29) is 11.7 Å². The summed E-state index contributed by atoms with van der Waals surface area (Å²) in [5.41, 5.74) is 0. The molecule has 1 aliphatic heterocycles. The standard InChI is InChI=1S/C12H17N3O4/c1-13-8-9-4-6-14(7-5-9)12(16)10-2-3-11(19-10)15(17)18/h2-3,9,13H,4-8H2,1H3. The molecule has 1 aromatic rings. The highest BCUT2D eigenvalue weighted by molar-refractivity contribution is 5.91. The Morgan fingerprint density at radius 3 is 2.74 bits per heavy atom. The molecule has 7 nitrogen and oxygen atoms in total. The van der Waals surface area contributed by atoms with Crippen molar-refractivity contribution in [1.29, 1.82) is 0 Å². The van der Waals surface area contributed by atoms with E-state index in [1.807, 2.05) is 7.05 Å². The molecule has 1 fully saturated rings. The van der Waals surface area contributed by atoms with Gasteiger partial charge in [0.05, 0.1) is 6.07 Å². The molecule has 1 saturated heterocycles. The molecule has 0 unspecified atom stereocenters. The van der Waals surface area contributed by atoms with Gasteiger partial charge in [0.2, 0.25) is 0 Å². The van der Waals surface area contributed by atoms with Crippen LogP contribution in [0, 0.1) is 16.0 Å². The van der Waals surface area contributed by atoms with Crippen molar-refractivity contribution in [3.8, 4) is 0 Å². The summed E-state index contributed by atoms with van der Waals surface area (Å²) in [6.45, 7) is 2.29. The predicted molar refractivity (Wildman–Crippen MR) is 67.9 cm³/mol. The van der Waals surface area contributed by atoms with E-state index in [9.17, 15) is 14.9 Å². The van der Waals surface area contributed by atoms with Crippen LogP contribution in [-0.4, -0.2) is 42.4 Å². The zero-order valence-electron chi connectivity index (χ0n) is 10.8. The first-order valence-electron chi connectivity index (χ1n) is 6.30. The number of likely N-dealkylation sites (tertiary alicyclic amines) is 1. The van der Waals surface area contributed by atoms with E-state index in [4.69, 9.17) is 4.42 Å². The lowest BCUT2D eigenvalue weighted by Crippen LogP contribution is -2.40. The average Bonchev–Trinajstić information content (AvgIpc) is 2.89. The van der Waals surface area contributed by atoms with Gasteiger partial charge in [-0.25, -0.2) is 0 Å². The van der Waals surface area contributed by atoms with Gasteiger partial charge >= 0.3 is 5.88 Å². The van der Waals surface area contributed by atoms with Crippen LogP contribution >= 0.6 is 0 Å². The van der Waals surface area contributed by atoms with Crippen LogP contribution in [0.1, 0.15) is 23.4 Å². The van der Waals surface area contributed by atoms with E-state index in [1.165, 1.54) is 12.1 Å². The van der Waals surface area contributed by atoms with Crippen molar-refractivity contribution >= 4 is 11.8 Å². The van der Waals surface area contributed by atoms with Gasteiger partial charge in [0.1, 0.15) is 4.92 Å². The largest absolute Gasteiger partial charge is 0.433 e. The normalized spacial score (nSPS) is 16.6. The SMILES string of the molecule is CNCC1CCN(C(=O)c2ccc([N+](=O)[O-])o2)CC1. The Balaban J connectivity index is 1.95. The molecule has 104 valence electrons. The zero-order chi connectivity index (χ0) is 13.8. The summed E-state index contributed by atoms with van der Waals surface area (Å²) in [6.07, 6.45) is 1.88. The van der Waals surface area contributed by atoms with Gasteiger partial charge in [0, 0.05) is 13.1 Å². The van der Waals surface area contributed by atoms with Crippen molar-refractivity contribution in [3.63, 3.8) is 0 Å². The van der Waals surface area contributed by atoms with E-state index in [0.717, 1.165) is 19.4 Å². The fraction of sp³-hybridized carbons (Fsp3) is 0.583. The van der Waals surface area contributed by atoms with Gasteiger partial charge in [-0.1, -0.05) is 0 Å². The number of hydrogen-bond donors (Lipinski definition) is 1. The van der Waals surface area contributed by atoms with Crippen molar-refractivity contribution in [2.24, 2.45) is 5.92 Å². The third-order valence-corrected chi connectivity index (χ3v) is 3.38. The number of carbonyl (C=O) groups is 1. The number of nitrogens with one attached hydrogen (secondary N) is 1. The quantitative estimate of drug-likeness (QED) is 0.655. The second-order valence-corrected chi connectivity index (χ2v) is 4.69. The number of amides is 1. The lowest BCUT2D eigenvalue weighted by Gasteiger charge is -2.31. The molecule has 1 aromatic heterocycles. The number of piperidine rings is 1. The maximum Gasteiger partial charge on any atom is 0.433 e. The van der Waals surface area contributed by atoms with Crippen LogP contribution in [-0.2, 0) is 0 Å². The van der Waals surface area contributed by atoms with E-state index < -0.39 is 10.8 Å². The summed E-state index contributed by atoms with van der Waals surface area (Å²) in [4.78, 5) is 23.6. The van der Waals surface area contributed by atoms with Gasteiger partial charge in [0.15, 0.2) is 5.76 Å². The number of furan rings is 1. The Hall–Kier alpha value is -1.89. The van der Waals surface area contributed by atoms with Crippen molar-refractivity contribution < 1.29 is 14.1 Å². The Labute approximate surface area is 110 Å². The molecule has 1 amide bonds. The lowest BCUT2D eigenvalue weighted by molar-refractivity contribution is -0.402. The molecule has 1 N–H and O–H groups in total. The topological polar surface area (TPSA) is 88.6 Å². The summed E-state index contributed by atoms with van der Waals surface area (Å²) in [6, 6.07) is 2.57. The average molecular weight is 267 g/mol. The van der Waals surface area contributed by atoms with Gasteiger partial charge in [-0.15, -0.1) is 0 Å². The van der Waals surface area contributed by atoms with Crippen LogP contribution in [0.5, 0.6) is 0 Å². The highest BCUT2D eigenvalue weighted by atomic mass is 16.6. The number of carbonyl (C=O) groups excluding carboxylic acids is 1. The van der Waals surface area contributed by atoms with Gasteiger partial charge in [-0.3, -0.25) is 14.9 Å². The lowest BCUT2D eigenvalue weighted by atomic mass is 9.97. The van der Waals surface area contributed by atoms with E-state index >= 15 is 0 Å². The summed E-state index contributed by atoms with van der Waals surface area (Å²) in [7, 11) is 1.92. The fourth-order valence-corrected chi connectivity index (χ4v) is 2.33. The van der Waals surface area contributed by atoms with Gasteiger partial charge in [0.25, 0.3) is 5.91 Å². The van der Waals surface area contributed by atoms with Crippen molar-refractivity contribution in [2.75, 3.05) is 26.7 Å². The van der Waals surface area contributed by atoms with E-state index in [2.05, 4.69) is 5.32 Å². The minimum atomic E-state index is -0.643. The fourth-order valence-electron chi connectivity index (χ4n) is 2.33. The van der Waals surface area contributed by atoms with Crippen LogP contribution in [0.4, 0.5) is 5.88 Å². The third-order valence-electron chi connectivity index (χ3n) is 3.38. The molecule has 0 radical (unpaired) electrons. The van der Waals surface area contributed by atoms with Crippen LogP contribution in [0.25, 0.3) is 0 Å². The van der Waals surface area contributed by atoms with Crippen LogP contribution in [0.15, 0.2) is 16.5 Å². The molecule has 0 spiro atoms. The highest BCUT2D eigenvalue weighted by Gasteiger charge is 2.26. The Kier molecular flexibility index (Phi) is 4.16. The van der Waals surface area contributed by atoms with Gasteiger partial charge < -0.3 is 14.6 Å². The smallest absolute Gasteiger partial charge is 0.395 e. The minimum Gasteiger partial charge on any atom is -0.395 e. The molecule has 2 heterocycles. The molecule has 0 bridgehead atoms. The van der Waals surface area contributed by atoms with Crippen LogP contribution in [0.3, 0.4) is 0 Å². The number of nitrogens with zero attached hydrogens (tertiary/aromatic N) is 2. The van der Waals surface area contributed by atoms with Gasteiger partial charge in [-0.2, -0.15) is 0 Å². The summed E-state index contributed by atoms with van der Waals surface area (Å²) in [5, 5.41) is 13.6. The molecular formula is C12H17N3O4. The molecule has 0 aliphatic carbocycles. The van der Waals surface area contributed by atoms with Crippen LogP contribution < -0.4 is 5.32 Å². The molecule has 0 aromatic carbocycles. The maximum atomic E-state index is 12.1. The number of nitro groups is 1. The van der Waals surface area contributed by atoms with E-state index in [0.29, 0.717) is 19.0 Å². The minimum absolute atomic E-state index is 0.0405. The molecule has 2 rings (SSSR count). The number of hydrogen-bond acceptors (Lipinski definition) is 5. The van der Waals surface area contributed by atoms with Crippen molar-refractivity contribution in [3.05, 3.63) is 28.0 Å². The molecule has 1 aliphatic rings. The summed E-state index contributed by atoms with van der Waals surface area (Å²) >= 11 is 0. The summed E-state index contributed by atoms with van der Waals surface area (Å²) in [5.74, 6) is -0.0387. The maximum absolute atomic E-state index is 12.1. The highest BCUT2D eigenvalue weighted by Crippen LogP contribution is 2.21. The Bertz CT molecular complexity index is 463. The Morgan fingerprint density at radius 2 is 2.21 bits per heavy atom. The first-order chi connectivity index (χ1) is 9.11. The molecule has 7 heteroatoms. The van der Waals surface area contributed by atoms with E-state index in [1.54, 1.807) is 4.90 Å². The summed E-state index contributed by atoms with van der Waals surface area (Å²) < 4.78 is 4.93. The Morgan fingerprint density at radius 1 is 1.53 bits per heavy atom. The second-order valence-electron chi connectivity index (χ2n) is 4.69. The first kappa shape index (κ1) is 13.5. The molecule has 19 heavy (non-hydrogen) atoms. The predicted octanol–water partition coefficient (Wildman–Crippen LogP) is 1.26. The molecule has 0 atom stereocenters. The van der Waals surface area contributed by atoms with Gasteiger partial charge in [-0.05, 0) is 38.4 Å². The number of rotatable bonds is 4. The van der Waals surface area contributed by atoms with Crippen LogP contribution in [0.2, 0.25) is 0 Å². The van der Waals surface area contributed by atoms with Crippen molar-refractivity contribution in [2.45, 2.75) is 12.8 Å². The first-order valence-corrected chi connectivity index (χ1v) is 6.30. The van der Waals surface area contributed by atoms with Crippen molar-refractivity contribution in [1.82, 2.24) is 10.2 Å². The zero-order valence-corrected chi connectivity index (χ0v) is 10.8.